The van der Waals surface area contributed by atoms with Gasteiger partial charge in [-0.2, -0.15) is 0 Å². The molecule has 0 radical (unpaired) electrons. The molecular weight excluding hydrogens is 318 g/mol. The number of piperidine rings is 1. The van der Waals surface area contributed by atoms with Gasteiger partial charge in [0.15, 0.2) is 0 Å². The number of aromatic nitrogens is 1. The number of amides is 1. The second-order valence-corrected chi connectivity index (χ2v) is 7.54. The van der Waals surface area contributed by atoms with Gasteiger partial charge in [0.05, 0.1) is 18.3 Å². The Morgan fingerprint density at radius 3 is 2.60 bits per heavy atom. The van der Waals surface area contributed by atoms with E-state index in [0.29, 0.717) is 19.2 Å². The summed E-state index contributed by atoms with van der Waals surface area (Å²) >= 11 is 0. The van der Waals surface area contributed by atoms with Gasteiger partial charge < -0.3 is 24.6 Å². The smallest absolute Gasteiger partial charge is 0.253 e. The minimum Gasteiger partial charge on any atom is -0.389 e. The third kappa shape index (κ3) is 4.43. The number of hydrogen-bond donors (Lipinski definition) is 2. The summed E-state index contributed by atoms with van der Waals surface area (Å²) in [6.07, 6.45) is 3.86. The number of rotatable bonds is 7. The number of methoxy groups -OCH3 is 1. The van der Waals surface area contributed by atoms with E-state index in [9.17, 15) is 9.90 Å². The van der Waals surface area contributed by atoms with Crippen molar-refractivity contribution >= 4 is 5.91 Å². The molecule has 25 heavy (non-hydrogen) atoms. The normalized spacial score (nSPS) is 20.6. The van der Waals surface area contributed by atoms with Gasteiger partial charge in [0.25, 0.3) is 5.91 Å². The Bertz CT molecular complexity index is 601. The van der Waals surface area contributed by atoms with Crippen LogP contribution in [-0.4, -0.2) is 66.0 Å². The molecule has 1 aromatic rings. The highest BCUT2D eigenvalue weighted by atomic mass is 16.5. The van der Waals surface area contributed by atoms with E-state index in [1.165, 1.54) is 18.5 Å². The molecule has 1 aliphatic carbocycles. The van der Waals surface area contributed by atoms with Gasteiger partial charge in [0.2, 0.25) is 0 Å². The second-order valence-electron chi connectivity index (χ2n) is 7.54. The maximum atomic E-state index is 12.7. The fraction of sp³-hybridized carbons (Fsp3) is 0.737. The molecule has 2 heterocycles. The number of likely N-dealkylation sites (tertiary alicyclic amines) is 1. The van der Waals surface area contributed by atoms with E-state index in [2.05, 4.69) is 28.6 Å². The minimum atomic E-state index is -0.441. The number of carbonyl (C=O) groups is 1. The van der Waals surface area contributed by atoms with Crippen LogP contribution in [0.15, 0.2) is 6.07 Å². The van der Waals surface area contributed by atoms with E-state index in [1.54, 1.807) is 7.11 Å². The van der Waals surface area contributed by atoms with Gasteiger partial charge in [-0.05, 0) is 45.6 Å². The summed E-state index contributed by atoms with van der Waals surface area (Å²) in [4.78, 5) is 14.9. The van der Waals surface area contributed by atoms with Crippen molar-refractivity contribution in [3.8, 4) is 0 Å². The molecule has 0 spiro atoms. The van der Waals surface area contributed by atoms with Gasteiger partial charge >= 0.3 is 0 Å². The molecule has 2 aliphatic rings. The number of aryl methyl sites for hydroxylation is 1. The number of ether oxygens (including phenoxy) is 1. The Balaban J connectivity index is 1.51. The number of aliphatic hydroxyl groups is 1. The SMILES string of the molecule is COCC(O)CN1CCC(NC(=O)c2cc(C)n(C3CC3)c2C)CC1. The Hall–Kier alpha value is -1.37. The summed E-state index contributed by atoms with van der Waals surface area (Å²) in [5, 5.41) is 13.0. The number of carbonyl (C=O) groups excluding carboxylic acids is 1. The first-order valence-corrected chi connectivity index (χ1v) is 9.38. The van der Waals surface area contributed by atoms with Gasteiger partial charge in [-0.3, -0.25) is 4.79 Å². The summed E-state index contributed by atoms with van der Waals surface area (Å²) in [7, 11) is 1.60. The molecule has 140 valence electrons. The molecule has 1 atom stereocenters. The fourth-order valence-corrected chi connectivity index (χ4v) is 3.97. The highest BCUT2D eigenvalue weighted by molar-refractivity contribution is 5.96. The van der Waals surface area contributed by atoms with Crippen molar-refractivity contribution in [1.82, 2.24) is 14.8 Å². The Morgan fingerprint density at radius 2 is 2.00 bits per heavy atom. The molecule has 1 aliphatic heterocycles. The van der Waals surface area contributed by atoms with Gasteiger partial charge in [-0.1, -0.05) is 0 Å². The molecule has 1 amide bonds. The van der Waals surface area contributed by atoms with E-state index in [0.717, 1.165) is 37.2 Å². The molecular formula is C19H31N3O3. The van der Waals surface area contributed by atoms with Gasteiger partial charge in [0, 0.05) is 50.2 Å². The van der Waals surface area contributed by atoms with Crippen molar-refractivity contribution in [1.29, 1.82) is 0 Å². The van der Waals surface area contributed by atoms with Gasteiger partial charge in [-0.15, -0.1) is 0 Å². The largest absolute Gasteiger partial charge is 0.389 e. The zero-order valence-corrected chi connectivity index (χ0v) is 15.6. The fourth-order valence-electron chi connectivity index (χ4n) is 3.97. The van der Waals surface area contributed by atoms with E-state index in [1.807, 2.05) is 6.07 Å². The van der Waals surface area contributed by atoms with Crippen molar-refractivity contribution < 1.29 is 14.6 Å². The van der Waals surface area contributed by atoms with Crippen LogP contribution in [0, 0.1) is 13.8 Å². The maximum Gasteiger partial charge on any atom is 0.253 e. The monoisotopic (exact) mass is 349 g/mol. The molecule has 6 heteroatoms. The lowest BCUT2D eigenvalue weighted by molar-refractivity contribution is 0.0309. The molecule has 1 saturated heterocycles. The summed E-state index contributed by atoms with van der Waals surface area (Å²) in [5.41, 5.74) is 3.10. The summed E-state index contributed by atoms with van der Waals surface area (Å²) < 4.78 is 7.29. The molecule has 2 fully saturated rings. The highest BCUT2D eigenvalue weighted by Crippen LogP contribution is 2.38. The molecule has 2 N–H and O–H groups in total. The van der Waals surface area contributed by atoms with Crippen molar-refractivity contribution in [3.63, 3.8) is 0 Å². The predicted octanol–water partition coefficient (Wildman–Crippen LogP) is 1.64. The lowest BCUT2D eigenvalue weighted by atomic mass is 10.0. The summed E-state index contributed by atoms with van der Waals surface area (Å²) in [6.45, 7) is 6.94. The zero-order chi connectivity index (χ0) is 18.0. The Morgan fingerprint density at radius 1 is 1.32 bits per heavy atom. The van der Waals surface area contributed by atoms with Crippen LogP contribution >= 0.6 is 0 Å². The predicted molar refractivity (Wildman–Crippen MR) is 97.0 cm³/mol. The number of aliphatic hydroxyl groups excluding tert-OH is 1. The first-order valence-electron chi connectivity index (χ1n) is 9.38. The second kappa shape index (κ2) is 7.89. The number of hydrogen-bond acceptors (Lipinski definition) is 4. The van der Waals surface area contributed by atoms with Crippen LogP contribution in [0.3, 0.4) is 0 Å². The molecule has 3 rings (SSSR count). The van der Waals surface area contributed by atoms with Crippen molar-refractivity contribution in [2.45, 2.75) is 57.7 Å². The highest BCUT2D eigenvalue weighted by Gasteiger charge is 2.29. The van der Waals surface area contributed by atoms with Crippen LogP contribution in [0.4, 0.5) is 0 Å². The third-order valence-electron chi connectivity index (χ3n) is 5.39. The van der Waals surface area contributed by atoms with Crippen LogP contribution in [0.25, 0.3) is 0 Å². The standard InChI is InChI=1S/C19H31N3O3/c1-13-10-18(14(2)22(13)16-4-5-16)19(24)20-15-6-8-21(9-7-15)11-17(23)12-25-3/h10,15-17,23H,4-9,11-12H2,1-3H3,(H,20,24). The number of nitrogens with one attached hydrogen (secondary N) is 1. The van der Waals surface area contributed by atoms with Crippen LogP contribution in [0.5, 0.6) is 0 Å². The van der Waals surface area contributed by atoms with Crippen LogP contribution < -0.4 is 5.32 Å². The van der Waals surface area contributed by atoms with E-state index >= 15 is 0 Å². The van der Waals surface area contributed by atoms with Crippen LogP contribution in [0.1, 0.15) is 53.5 Å². The van der Waals surface area contributed by atoms with Crippen molar-refractivity contribution in [2.75, 3.05) is 33.4 Å². The first-order chi connectivity index (χ1) is 12.0. The molecule has 1 unspecified atom stereocenters. The van der Waals surface area contributed by atoms with Crippen LogP contribution in [0.2, 0.25) is 0 Å². The Labute approximate surface area is 150 Å². The number of nitrogens with zero attached hydrogens (tertiary/aromatic N) is 2. The number of β-amino-alcohol motifs (C(OH)–C–C–N with tert-alkyl or cyclic N) is 1. The quantitative estimate of drug-likeness (QED) is 0.785. The molecule has 0 bridgehead atoms. The third-order valence-corrected chi connectivity index (χ3v) is 5.39. The molecule has 1 aromatic heterocycles. The summed E-state index contributed by atoms with van der Waals surface area (Å²) in [6, 6.07) is 2.84. The zero-order valence-electron chi connectivity index (χ0n) is 15.6. The average molecular weight is 349 g/mol. The van der Waals surface area contributed by atoms with E-state index in [-0.39, 0.29) is 11.9 Å². The average Bonchev–Trinajstić information content (AvgIpc) is 3.35. The Kier molecular flexibility index (Phi) is 5.81. The first kappa shape index (κ1) is 18.4. The van der Waals surface area contributed by atoms with Crippen molar-refractivity contribution in [2.24, 2.45) is 0 Å². The van der Waals surface area contributed by atoms with Gasteiger partial charge in [0.1, 0.15) is 0 Å². The topological polar surface area (TPSA) is 66.7 Å². The van der Waals surface area contributed by atoms with E-state index < -0.39 is 6.10 Å². The van der Waals surface area contributed by atoms with Crippen LogP contribution in [-0.2, 0) is 4.74 Å². The molecule has 0 aromatic carbocycles. The lowest BCUT2D eigenvalue weighted by Crippen LogP contribution is -2.47. The van der Waals surface area contributed by atoms with Gasteiger partial charge in [-0.25, -0.2) is 0 Å². The van der Waals surface area contributed by atoms with Crippen molar-refractivity contribution in [3.05, 3.63) is 23.0 Å². The lowest BCUT2D eigenvalue weighted by Gasteiger charge is -2.33. The summed E-state index contributed by atoms with van der Waals surface area (Å²) in [5.74, 6) is 0.0536. The molecule has 6 nitrogen and oxygen atoms in total. The van der Waals surface area contributed by atoms with E-state index in [4.69, 9.17) is 4.74 Å². The minimum absolute atomic E-state index is 0.0536. The maximum absolute atomic E-state index is 12.7. The molecule has 1 saturated carbocycles.